The van der Waals surface area contributed by atoms with Crippen LogP contribution in [-0.2, 0) is 10.2 Å². The van der Waals surface area contributed by atoms with Crippen LogP contribution < -0.4 is 14.2 Å². The van der Waals surface area contributed by atoms with E-state index in [1.165, 1.54) is 0 Å². The van der Waals surface area contributed by atoms with E-state index < -0.39 is 11.4 Å². The molecule has 1 aliphatic rings. The van der Waals surface area contributed by atoms with Crippen LogP contribution in [0.2, 0.25) is 0 Å². The summed E-state index contributed by atoms with van der Waals surface area (Å²) >= 11 is 0. The molecule has 1 aromatic carbocycles. The Morgan fingerprint density at radius 2 is 1.71 bits per heavy atom. The van der Waals surface area contributed by atoms with E-state index in [2.05, 4.69) is 0 Å². The molecule has 0 heterocycles. The zero-order valence-electron chi connectivity index (χ0n) is 12.8. The smallest absolute Gasteiger partial charge is 0.314 e. The third-order valence-corrected chi connectivity index (χ3v) is 4.17. The molecule has 1 N–H and O–H groups in total. The second kappa shape index (κ2) is 6.24. The molecular formula is C16H22O5. The summed E-state index contributed by atoms with van der Waals surface area (Å²) < 4.78 is 16.3. The van der Waals surface area contributed by atoms with Gasteiger partial charge in [0, 0.05) is 11.6 Å². The minimum Gasteiger partial charge on any atom is -0.493 e. The fraction of sp³-hybridized carbons (Fsp3) is 0.562. The van der Waals surface area contributed by atoms with E-state index in [0.29, 0.717) is 42.3 Å². The maximum absolute atomic E-state index is 11.9. The van der Waals surface area contributed by atoms with Gasteiger partial charge in [0.15, 0.2) is 11.5 Å². The van der Waals surface area contributed by atoms with Gasteiger partial charge in [0.2, 0.25) is 0 Å². The van der Waals surface area contributed by atoms with Crippen molar-refractivity contribution >= 4 is 5.97 Å². The van der Waals surface area contributed by atoms with Gasteiger partial charge in [-0.05, 0) is 25.8 Å². The summed E-state index contributed by atoms with van der Waals surface area (Å²) in [6, 6.07) is 3.48. The molecule has 0 amide bonds. The largest absolute Gasteiger partial charge is 0.493 e. The molecule has 0 radical (unpaired) electrons. The summed E-state index contributed by atoms with van der Waals surface area (Å²) in [4.78, 5) is 11.9. The summed E-state index contributed by atoms with van der Waals surface area (Å²) in [5, 5.41) is 9.77. The van der Waals surface area contributed by atoms with E-state index in [4.69, 9.17) is 14.2 Å². The molecule has 1 saturated carbocycles. The van der Waals surface area contributed by atoms with Crippen molar-refractivity contribution in [3.8, 4) is 17.2 Å². The number of carboxylic acids is 1. The monoisotopic (exact) mass is 294 g/mol. The second-order valence-corrected chi connectivity index (χ2v) is 5.23. The first-order valence-corrected chi connectivity index (χ1v) is 7.21. The summed E-state index contributed by atoms with van der Waals surface area (Å²) in [7, 11) is 3.10. The van der Waals surface area contributed by atoms with E-state index in [0.717, 1.165) is 12.8 Å². The van der Waals surface area contributed by atoms with Crippen molar-refractivity contribution in [2.75, 3.05) is 20.8 Å². The number of benzene rings is 1. The van der Waals surface area contributed by atoms with Gasteiger partial charge in [-0.25, -0.2) is 0 Å². The van der Waals surface area contributed by atoms with E-state index in [1.807, 2.05) is 6.92 Å². The lowest BCUT2D eigenvalue weighted by molar-refractivity contribution is -0.143. The van der Waals surface area contributed by atoms with Gasteiger partial charge < -0.3 is 19.3 Å². The lowest BCUT2D eigenvalue weighted by Gasteiger charge is -2.27. The zero-order chi connectivity index (χ0) is 15.5. The van der Waals surface area contributed by atoms with Gasteiger partial charge in [-0.2, -0.15) is 0 Å². The predicted octanol–water partition coefficient (Wildman–Crippen LogP) is 3.00. The van der Waals surface area contributed by atoms with Crippen LogP contribution in [0.3, 0.4) is 0 Å². The first kappa shape index (κ1) is 15.5. The van der Waals surface area contributed by atoms with Crippen molar-refractivity contribution in [3.05, 3.63) is 17.7 Å². The second-order valence-electron chi connectivity index (χ2n) is 5.23. The zero-order valence-corrected chi connectivity index (χ0v) is 12.8. The summed E-state index contributed by atoms with van der Waals surface area (Å²) in [5.41, 5.74) is -0.198. The van der Waals surface area contributed by atoms with Crippen LogP contribution in [0, 0.1) is 0 Å². The van der Waals surface area contributed by atoms with Crippen LogP contribution in [0.25, 0.3) is 0 Å². The Balaban J connectivity index is 2.61. The molecule has 0 atom stereocenters. The molecule has 0 saturated heterocycles. The number of carbonyl (C=O) groups is 1. The highest BCUT2D eigenvalue weighted by Gasteiger charge is 2.45. The van der Waals surface area contributed by atoms with Crippen molar-refractivity contribution in [1.29, 1.82) is 0 Å². The molecule has 0 aromatic heterocycles. The van der Waals surface area contributed by atoms with E-state index in [1.54, 1.807) is 26.4 Å². The highest BCUT2D eigenvalue weighted by Crippen LogP contribution is 2.48. The molecule has 0 spiro atoms. The molecule has 0 aliphatic heterocycles. The molecular weight excluding hydrogens is 272 g/mol. The highest BCUT2D eigenvalue weighted by atomic mass is 16.5. The van der Waals surface area contributed by atoms with Crippen molar-refractivity contribution in [2.45, 2.75) is 38.0 Å². The molecule has 1 aromatic rings. The molecule has 116 valence electrons. The number of hydrogen-bond acceptors (Lipinski definition) is 4. The van der Waals surface area contributed by atoms with Crippen molar-refractivity contribution < 1.29 is 24.1 Å². The van der Waals surface area contributed by atoms with Crippen LogP contribution in [-0.4, -0.2) is 31.9 Å². The average Bonchev–Trinajstić information content (AvgIpc) is 2.97. The maximum Gasteiger partial charge on any atom is 0.314 e. The van der Waals surface area contributed by atoms with Crippen LogP contribution in [0.4, 0.5) is 0 Å². The van der Waals surface area contributed by atoms with Gasteiger partial charge in [-0.3, -0.25) is 4.79 Å². The number of aliphatic carboxylic acids is 1. The van der Waals surface area contributed by atoms with Crippen molar-refractivity contribution in [1.82, 2.24) is 0 Å². The number of methoxy groups -OCH3 is 2. The molecule has 1 fully saturated rings. The molecule has 1 aliphatic carbocycles. The van der Waals surface area contributed by atoms with Crippen molar-refractivity contribution in [2.24, 2.45) is 0 Å². The molecule has 5 heteroatoms. The molecule has 21 heavy (non-hydrogen) atoms. The Hall–Kier alpha value is -1.91. The molecule has 5 nitrogen and oxygen atoms in total. The Morgan fingerprint density at radius 1 is 1.14 bits per heavy atom. The molecule has 0 bridgehead atoms. The molecule has 2 rings (SSSR count). The maximum atomic E-state index is 11.9. The predicted molar refractivity (Wildman–Crippen MR) is 78.5 cm³/mol. The van der Waals surface area contributed by atoms with Crippen LogP contribution in [0.5, 0.6) is 17.2 Å². The Labute approximate surface area is 124 Å². The first-order chi connectivity index (χ1) is 10.1. The van der Waals surface area contributed by atoms with E-state index in [9.17, 15) is 9.90 Å². The quantitative estimate of drug-likeness (QED) is 0.873. The average molecular weight is 294 g/mol. The minimum atomic E-state index is -0.885. The normalized spacial score (nSPS) is 16.5. The number of rotatable bonds is 6. The fourth-order valence-electron chi connectivity index (χ4n) is 3.09. The van der Waals surface area contributed by atoms with Gasteiger partial charge in [0.05, 0.1) is 26.2 Å². The summed E-state index contributed by atoms with van der Waals surface area (Å²) in [6.45, 7) is 2.35. The van der Waals surface area contributed by atoms with Crippen molar-refractivity contribution in [3.63, 3.8) is 0 Å². The third-order valence-electron chi connectivity index (χ3n) is 4.17. The van der Waals surface area contributed by atoms with Crippen LogP contribution >= 0.6 is 0 Å². The number of hydrogen-bond donors (Lipinski definition) is 1. The van der Waals surface area contributed by atoms with Gasteiger partial charge in [-0.1, -0.05) is 12.8 Å². The Kier molecular flexibility index (Phi) is 4.60. The van der Waals surface area contributed by atoms with Gasteiger partial charge >= 0.3 is 5.97 Å². The third kappa shape index (κ3) is 2.64. The summed E-state index contributed by atoms with van der Waals surface area (Å²) in [6.07, 6.45) is 3.06. The topological polar surface area (TPSA) is 65.0 Å². The lowest BCUT2D eigenvalue weighted by atomic mass is 9.78. The number of carboxylic acid groups (broad SMARTS) is 1. The summed E-state index contributed by atoms with van der Waals surface area (Å²) in [5.74, 6) is 0.847. The Morgan fingerprint density at radius 3 is 2.19 bits per heavy atom. The van der Waals surface area contributed by atoms with Gasteiger partial charge in [0.25, 0.3) is 0 Å². The lowest BCUT2D eigenvalue weighted by Crippen LogP contribution is -2.33. The minimum absolute atomic E-state index is 0.470. The standard InChI is InChI=1S/C16H22O5/c1-4-21-12-10-14(20-3)13(19-2)9-11(12)16(15(17)18)7-5-6-8-16/h9-10H,4-8H2,1-3H3,(H,17,18). The van der Waals surface area contributed by atoms with E-state index >= 15 is 0 Å². The van der Waals surface area contributed by atoms with Crippen LogP contribution in [0.1, 0.15) is 38.2 Å². The Bertz CT molecular complexity index is 518. The van der Waals surface area contributed by atoms with E-state index in [-0.39, 0.29) is 0 Å². The highest BCUT2D eigenvalue weighted by molar-refractivity contribution is 5.83. The fourth-order valence-corrected chi connectivity index (χ4v) is 3.09. The first-order valence-electron chi connectivity index (χ1n) is 7.21. The molecule has 0 unspecified atom stereocenters. The van der Waals surface area contributed by atoms with Gasteiger partial charge in [-0.15, -0.1) is 0 Å². The van der Waals surface area contributed by atoms with Gasteiger partial charge in [0.1, 0.15) is 5.75 Å². The SMILES string of the molecule is CCOc1cc(OC)c(OC)cc1C1(C(=O)O)CCCC1. The van der Waals surface area contributed by atoms with Crippen LogP contribution in [0.15, 0.2) is 12.1 Å². The number of ether oxygens (including phenoxy) is 3.